The van der Waals surface area contributed by atoms with Gasteiger partial charge in [-0.25, -0.2) is 0 Å². The minimum atomic E-state index is 0.949. The molecule has 13 heavy (non-hydrogen) atoms. The van der Waals surface area contributed by atoms with Gasteiger partial charge < -0.3 is 0 Å². The molecule has 1 aromatic carbocycles. The van der Waals surface area contributed by atoms with E-state index in [0.29, 0.717) is 0 Å². The molecule has 0 atom stereocenters. The maximum absolute atomic E-state index is 3.52. The fourth-order valence-electron chi connectivity index (χ4n) is 1.05. The van der Waals surface area contributed by atoms with Crippen molar-refractivity contribution in [2.75, 3.05) is 5.33 Å². The molecule has 0 bridgehead atoms. The van der Waals surface area contributed by atoms with E-state index in [1.807, 2.05) is 6.07 Å². The molecule has 1 aromatic rings. The van der Waals surface area contributed by atoms with Crippen LogP contribution in [0.25, 0.3) is 6.08 Å². The molecule has 0 aliphatic heterocycles. The predicted octanol–water partition coefficient (Wildman–Crippen LogP) is 4.64. The molecule has 0 spiro atoms. The van der Waals surface area contributed by atoms with Gasteiger partial charge in [-0.15, -0.1) is 0 Å². The third kappa shape index (κ3) is 3.28. The van der Waals surface area contributed by atoms with Crippen molar-refractivity contribution < 1.29 is 0 Å². The molecule has 1 rings (SSSR count). The Morgan fingerprint density at radius 1 is 1.38 bits per heavy atom. The summed E-state index contributed by atoms with van der Waals surface area (Å²) in [5.74, 6) is 0. The highest BCUT2D eigenvalue weighted by Gasteiger charge is 1.96. The zero-order chi connectivity index (χ0) is 9.68. The summed E-state index contributed by atoms with van der Waals surface area (Å²) >= 11 is 7.00. The summed E-state index contributed by atoms with van der Waals surface area (Å²) in [5, 5.41) is 0.949. The molecular weight excluding hydrogens is 292 g/mol. The van der Waals surface area contributed by atoms with Gasteiger partial charge >= 0.3 is 0 Å². The first-order chi connectivity index (χ1) is 6.27. The fraction of sp³-hybridized carbons (Fsp3) is 0.273. The lowest BCUT2D eigenvalue weighted by Crippen LogP contribution is -1.82. The molecule has 0 radical (unpaired) electrons. The van der Waals surface area contributed by atoms with Crippen LogP contribution in [0.3, 0.4) is 0 Å². The van der Waals surface area contributed by atoms with Crippen LogP contribution in [0, 0.1) is 0 Å². The van der Waals surface area contributed by atoms with E-state index >= 15 is 0 Å². The average molecular weight is 304 g/mol. The van der Waals surface area contributed by atoms with E-state index < -0.39 is 0 Å². The van der Waals surface area contributed by atoms with Gasteiger partial charge in [-0.1, -0.05) is 68.6 Å². The van der Waals surface area contributed by atoms with Crippen LogP contribution < -0.4 is 0 Å². The van der Waals surface area contributed by atoms with Crippen LogP contribution in [-0.4, -0.2) is 5.33 Å². The SMILES string of the molecule is CCC(=Cc1ccccc1Br)CBr. The van der Waals surface area contributed by atoms with Crippen LogP contribution in [0.4, 0.5) is 0 Å². The van der Waals surface area contributed by atoms with Crippen LogP contribution in [0.5, 0.6) is 0 Å². The molecule has 0 heterocycles. The van der Waals surface area contributed by atoms with E-state index in [-0.39, 0.29) is 0 Å². The molecule has 0 saturated heterocycles. The Kier molecular flexibility index (Phi) is 4.74. The molecule has 0 nitrogen and oxygen atoms in total. The maximum atomic E-state index is 3.52. The Morgan fingerprint density at radius 3 is 2.62 bits per heavy atom. The Labute approximate surface area is 96.3 Å². The van der Waals surface area contributed by atoms with E-state index in [1.54, 1.807) is 0 Å². The third-order valence-corrected chi connectivity index (χ3v) is 3.33. The number of allylic oxidation sites excluding steroid dienone is 1. The van der Waals surface area contributed by atoms with E-state index in [1.165, 1.54) is 11.1 Å². The van der Waals surface area contributed by atoms with Crippen molar-refractivity contribution in [2.24, 2.45) is 0 Å². The van der Waals surface area contributed by atoms with E-state index in [4.69, 9.17) is 0 Å². The van der Waals surface area contributed by atoms with E-state index in [9.17, 15) is 0 Å². The molecule has 0 fully saturated rings. The van der Waals surface area contributed by atoms with E-state index in [0.717, 1.165) is 16.2 Å². The molecular formula is C11H12Br2. The van der Waals surface area contributed by atoms with Crippen molar-refractivity contribution >= 4 is 37.9 Å². The Balaban J connectivity index is 2.95. The summed E-state index contributed by atoms with van der Waals surface area (Å²) in [6, 6.07) is 8.26. The summed E-state index contributed by atoms with van der Waals surface area (Å²) in [7, 11) is 0. The summed E-state index contributed by atoms with van der Waals surface area (Å²) < 4.78 is 1.15. The molecule has 0 amide bonds. The Bertz CT molecular complexity index is 297. The first-order valence-electron chi connectivity index (χ1n) is 4.28. The monoisotopic (exact) mass is 302 g/mol. The van der Waals surface area contributed by atoms with Crippen molar-refractivity contribution in [1.82, 2.24) is 0 Å². The lowest BCUT2D eigenvalue weighted by molar-refractivity contribution is 1.12. The van der Waals surface area contributed by atoms with Gasteiger partial charge in [-0.3, -0.25) is 0 Å². The van der Waals surface area contributed by atoms with Gasteiger partial charge in [0.1, 0.15) is 0 Å². The van der Waals surface area contributed by atoms with Gasteiger partial charge in [0.25, 0.3) is 0 Å². The van der Waals surface area contributed by atoms with Crippen LogP contribution in [0.15, 0.2) is 34.3 Å². The highest BCUT2D eigenvalue weighted by Crippen LogP contribution is 2.20. The largest absolute Gasteiger partial charge is 0.0880 e. The maximum Gasteiger partial charge on any atom is 0.0247 e. The van der Waals surface area contributed by atoms with Gasteiger partial charge in [0.05, 0.1) is 0 Å². The summed E-state index contributed by atoms with van der Waals surface area (Å²) in [5.41, 5.74) is 2.66. The van der Waals surface area contributed by atoms with Crippen LogP contribution in [0.2, 0.25) is 0 Å². The van der Waals surface area contributed by atoms with E-state index in [2.05, 4.69) is 63.1 Å². The number of halogens is 2. The molecule has 0 aliphatic rings. The summed E-state index contributed by atoms with van der Waals surface area (Å²) in [4.78, 5) is 0. The minimum absolute atomic E-state index is 0.949. The Morgan fingerprint density at radius 2 is 2.08 bits per heavy atom. The van der Waals surface area contributed by atoms with Crippen LogP contribution >= 0.6 is 31.9 Å². The van der Waals surface area contributed by atoms with Crippen LogP contribution in [-0.2, 0) is 0 Å². The van der Waals surface area contributed by atoms with Gasteiger partial charge in [0, 0.05) is 9.80 Å². The van der Waals surface area contributed by atoms with Gasteiger partial charge in [0.2, 0.25) is 0 Å². The normalized spacial score (nSPS) is 11.8. The number of alkyl halides is 1. The number of hydrogen-bond acceptors (Lipinski definition) is 0. The molecule has 0 aromatic heterocycles. The van der Waals surface area contributed by atoms with Crippen molar-refractivity contribution in [1.29, 1.82) is 0 Å². The van der Waals surface area contributed by atoms with Crippen molar-refractivity contribution in [3.05, 3.63) is 39.9 Å². The second-order valence-electron chi connectivity index (χ2n) is 2.81. The molecule has 0 N–H and O–H groups in total. The molecule has 2 heteroatoms. The second-order valence-corrected chi connectivity index (χ2v) is 4.23. The smallest absolute Gasteiger partial charge is 0.0247 e. The van der Waals surface area contributed by atoms with Crippen molar-refractivity contribution in [3.63, 3.8) is 0 Å². The summed E-state index contributed by atoms with van der Waals surface area (Å²) in [6.07, 6.45) is 3.31. The number of hydrogen-bond donors (Lipinski definition) is 0. The highest BCUT2D eigenvalue weighted by atomic mass is 79.9. The predicted molar refractivity (Wildman–Crippen MR) is 66.2 cm³/mol. The zero-order valence-corrected chi connectivity index (χ0v) is 10.7. The first kappa shape index (κ1) is 11.0. The molecule has 0 unspecified atom stereocenters. The summed E-state index contributed by atoms with van der Waals surface area (Å²) in [6.45, 7) is 2.17. The second kappa shape index (κ2) is 5.61. The fourth-order valence-corrected chi connectivity index (χ4v) is 2.00. The first-order valence-corrected chi connectivity index (χ1v) is 6.19. The van der Waals surface area contributed by atoms with Gasteiger partial charge in [-0.2, -0.15) is 0 Å². The molecule has 70 valence electrons. The number of benzene rings is 1. The van der Waals surface area contributed by atoms with Gasteiger partial charge in [-0.05, 0) is 18.1 Å². The standard InChI is InChI=1S/C11H12Br2/c1-2-9(8-12)7-10-5-3-4-6-11(10)13/h3-7H,2,8H2,1H3. The van der Waals surface area contributed by atoms with Crippen molar-refractivity contribution in [3.8, 4) is 0 Å². The minimum Gasteiger partial charge on any atom is -0.0880 e. The lowest BCUT2D eigenvalue weighted by Gasteiger charge is -2.01. The average Bonchev–Trinajstić information content (AvgIpc) is 2.17. The highest BCUT2D eigenvalue weighted by molar-refractivity contribution is 9.10. The Hall–Kier alpha value is -0.0800. The molecule has 0 aliphatic carbocycles. The third-order valence-electron chi connectivity index (χ3n) is 1.89. The molecule has 0 saturated carbocycles. The van der Waals surface area contributed by atoms with Gasteiger partial charge in [0.15, 0.2) is 0 Å². The van der Waals surface area contributed by atoms with Crippen LogP contribution in [0.1, 0.15) is 18.9 Å². The topological polar surface area (TPSA) is 0 Å². The lowest BCUT2D eigenvalue weighted by atomic mass is 10.1. The zero-order valence-electron chi connectivity index (χ0n) is 7.56. The quantitative estimate of drug-likeness (QED) is 0.714. The number of rotatable bonds is 3. The van der Waals surface area contributed by atoms with Crippen molar-refractivity contribution in [2.45, 2.75) is 13.3 Å².